The average molecular weight is 315 g/mol. The van der Waals surface area contributed by atoms with Gasteiger partial charge < -0.3 is 4.90 Å². The summed E-state index contributed by atoms with van der Waals surface area (Å²) in [6.07, 6.45) is 9.50. The van der Waals surface area contributed by atoms with E-state index in [-0.39, 0.29) is 17.7 Å². The number of aryl methyl sites for hydroxylation is 2. The normalized spacial score (nSPS) is 17.6. The van der Waals surface area contributed by atoms with Gasteiger partial charge in [0.2, 0.25) is 5.91 Å². The number of ketones is 1. The second-order valence-electron chi connectivity index (χ2n) is 5.93. The van der Waals surface area contributed by atoms with Crippen molar-refractivity contribution in [3.05, 3.63) is 36.4 Å². The third-order valence-electron chi connectivity index (χ3n) is 4.26. The summed E-state index contributed by atoms with van der Waals surface area (Å²) in [7, 11) is 1.79. The zero-order valence-electron chi connectivity index (χ0n) is 13.3. The van der Waals surface area contributed by atoms with E-state index in [4.69, 9.17) is 0 Å². The largest absolute Gasteiger partial charge is 0.339 e. The molecule has 3 rings (SSSR count). The highest BCUT2D eigenvalue weighted by Crippen LogP contribution is 2.22. The molecule has 0 bridgehead atoms. The minimum atomic E-state index is 0.00725. The maximum Gasteiger partial charge on any atom is 0.224 e. The third kappa shape index (κ3) is 3.67. The first-order valence-corrected chi connectivity index (χ1v) is 7.92. The quantitative estimate of drug-likeness (QED) is 0.753. The van der Waals surface area contributed by atoms with Crippen molar-refractivity contribution in [2.75, 3.05) is 6.54 Å². The van der Waals surface area contributed by atoms with Crippen LogP contribution in [0.1, 0.15) is 36.0 Å². The molecule has 122 valence electrons. The van der Waals surface area contributed by atoms with Crippen LogP contribution >= 0.6 is 0 Å². The number of nitrogens with zero attached hydrogens (tertiary/aromatic N) is 5. The fourth-order valence-electron chi connectivity index (χ4n) is 3.06. The zero-order chi connectivity index (χ0) is 16.2. The predicted octanol–water partition coefficient (Wildman–Crippen LogP) is 1.27. The van der Waals surface area contributed by atoms with E-state index in [1.54, 1.807) is 35.0 Å². The van der Waals surface area contributed by atoms with Gasteiger partial charge in [0.1, 0.15) is 0 Å². The molecule has 2 aromatic heterocycles. The molecule has 1 aliphatic rings. The number of hydrogen-bond donors (Lipinski definition) is 0. The Morgan fingerprint density at radius 1 is 1.35 bits per heavy atom. The van der Waals surface area contributed by atoms with Gasteiger partial charge in [-0.1, -0.05) is 0 Å². The summed E-state index contributed by atoms with van der Waals surface area (Å²) in [6.45, 7) is 1.31. The molecule has 0 unspecified atom stereocenters. The van der Waals surface area contributed by atoms with Gasteiger partial charge >= 0.3 is 0 Å². The first kappa shape index (κ1) is 15.5. The fraction of sp³-hybridized carbons (Fsp3) is 0.500. The number of carbonyl (C=O) groups is 2. The number of hydrogen-bond acceptors (Lipinski definition) is 4. The van der Waals surface area contributed by atoms with Crippen molar-refractivity contribution in [1.29, 1.82) is 0 Å². The molecule has 0 spiro atoms. The summed E-state index contributed by atoms with van der Waals surface area (Å²) in [4.78, 5) is 26.6. The molecular weight excluding hydrogens is 294 g/mol. The Labute approximate surface area is 134 Å². The van der Waals surface area contributed by atoms with Crippen LogP contribution in [-0.2, 0) is 18.4 Å². The molecule has 1 fully saturated rings. The van der Waals surface area contributed by atoms with Gasteiger partial charge in [-0.3, -0.25) is 19.0 Å². The van der Waals surface area contributed by atoms with Crippen LogP contribution in [0.3, 0.4) is 0 Å². The van der Waals surface area contributed by atoms with Crippen LogP contribution in [0.25, 0.3) is 0 Å². The lowest BCUT2D eigenvalue weighted by molar-refractivity contribution is -0.132. The summed E-state index contributed by atoms with van der Waals surface area (Å²) in [5.41, 5.74) is 0.614. The van der Waals surface area contributed by atoms with Crippen LogP contribution in [-0.4, -0.2) is 48.7 Å². The van der Waals surface area contributed by atoms with E-state index in [1.807, 2.05) is 17.2 Å². The molecule has 0 aromatic carbocycles. The predicted molar refractivity (Wildman–Crippen MR) is 83.7 cm³/mol. The van der Waals surface area contributed by atoms with E-state index in [9.17, 15) is 9.59 Å². The standard InChI is InChI=1S/C16H21N5O2/c1-19-12-13(11-18-19)15(22)10-14-4-2-8-21(14)16(23)5-9-20-7-3-6-17-20/h3,6-7,11-12,14H,2,4-5,8-10H2,1H3/t14-/m0/s1. The topological polar surface area (TPSA) is 73.0 Å². The van der Waals surface area contributed by atoms with Crippen molar-refractivity contribution in [2.45, 2.75) is 38.3 Å². The van der Waals surface area contributed by atoms with Gasteiger partial charge in [-0.2, -0.15) is 10.2 Å². The van der Waals surface area contributed by atoms with Gasteiger partial charge in [0, 0.05) is 57.6 Å². The Bertz CT molecular complexity index is 676. The molecule has 0 N–H and O–H groups in total. The van der Waals surface area contributed by atoms with Crippen molar-refractivity contribution < 1.29 is 9.59 Å². The monoisotopic (exact) mass is 315 g/mol. The number of Topliss-reactive ketones (excluding diaryl/α,β-unsaturated/α-hetero) is 1. The van der Waals surface area contributed by atoms with Crippen molar-refractivity contribution >= 4 is 11.7 Å². The Hall–Kier alpha value is -2.44. The van der Waals surface area contributed by atoms with E-state index < -0.39 is 0 Å². The van der Waals surface area contributed by atoms with E-state index in [1.165, 1.54) is 0 Å². The van der Waals surface area contributed by atoms with Crippen LogP contribution in [0.4, 0.5) is 0 Å². The SMILES string of the molecule is Cn1cc(C(=O)C[C@@H]2CCCN2C(=O)CCn2cccn2)cn1. The second kappa shape index (κ2) is 6.76. The van der Waals surface area contributed by atoms with Gasteiger partial charge in [-0.05, 0) is 18.9 Å². The van der Waals surface area contributed by atoms with Gasteiger partial charge in [0.15, 0.2) is 5.78 Å². The molecule has 7 heteroatoms. The molecule has 0 saturated carbocycles. The molecule has 3 heterocycles. The number of amides is 1. The maximum atomic E-state index is 12.4. The summed E-state index contributed by atoms with van der Waals surface area (Å²) in [5, 5.41) is 8.14. The summed E-state index contributed by atoms with van der Waals surface area (Å²) in [6, 6.07) is 1.85. The first-order chi connectivity index (χ1) is 11.1. The highest BCUT2D eigenvalue weighted by atomic mass is 16.2. The van der Waals surface area contributed by atoms with Crippen LogP contribution in [0.5, 0.6) is 0 Å². The highest BCUT2D eigenvalue weighted by Gasteiger charge is 2.30. The van der Waals surface area contributed by atoms with Crippen LogP contribution < -0.4 is 0 Å². The van der Waals surface area contributed by atoms with Gasteiger partial charge in [-0.25, -0.2) is 0 Å². The maximum absolute atomic E-state index is 12.4. The Balaban J connectivity index is 1.56. The molecule has 23 heavy (non-hydrogen) atoms. The Kier molecular flexibility index (Phi) is 4.55. The van der Waals surface area contributed by atoms with Gasteiger partial charge in [0.05, 0.1) is 11.8 Å². The lowest BCUT2D eigenvalue weighted by atomic mass is 10.0. The second-order valence-corrected chi connectivity index (χ2v) is 5.93. The van der Waals surface area contributed by atoms with Crippen LogP contribution in [0, 0.1) is 0 Å². The van der Waals surface area contributed by atoms with Gasteiger partial charge in [0.25, 0.3) is 0 Å². The molecule has 1 aliphatic heterocycles. The van der Waals surface area contributed by atoms with Gasteiger partial charge in [-0.15, -0.1) is 0 Å². The molecule has 0 aliphatic carbocycles. The summed E-state index contributed by atoms with van der Waals surface area (Å²) >= 11 is 0. The van der Waals surface area contributed by atoms with Crippen molar-refractivity contribution in [3.8, 4) is 0 Å². The number of rotatable bonds is 6. The number of likely N-dealkylation sites (tertiary alicyclic amines) is 1. The third-order valence-corrected chi connectivity index (χ3v) is 4.26. The summed E-state index contributed by atoms with van der Waals surface area (Å²) < 4.78 is 3.37. The van der Waals surface area contributed by atoms with E-state index in [0.29, 0.717) is 24.9 Å². The minimum Gasteiger partial charge on any atom is -0.339 e. The van der Waals surface area contributed by atoms with Crippen molar-refractivity contribution in [3.63, 3.8) is 0 Å². The summed E-state index contributed by atoms with van der Waals surface area (Å²) in [5.74, 6) is 0.150. The van der Waals surface area contributed by atoms with Crippen LogP contribution in [0.2, 0.25) is 0 Å². The van der Waals surface area contributed by atoms with Crippen molar-refractivity contribution in [2.24, 2.45) is 7.05 Å². The molecule has 0 radical (unpaired) electrons. The van der Waals surface area contributed by atoms with E-state index in [2.05, 4.69) is 10.2 Å². The Morgan fingerprint density at radius 2 is 2.22 bits per heavy atom. The first-order valence-electron chi connectivity index (χ1n) is 7.92. The van der Waals surface area contributed by atoms with Crippen molar-refractivity contribution in [1.82, 2.24) is 24.5 Å². The molecule has 1 amide bonds. The van der Waals surface area contributed by atoms with E-state index >= 15 is 0 Å². The lowest BCUT2D eigenvalue weighted by Gasteiger charge is -2.24. The minimum absolute atomic E-state index is 0.00725. The lowest BCUT2D eigenvalue weighted by Crippen LogP contribution is -2.37. The number of carbonyl (C=O) groups excluding carboxylic acids is 2. The molecular formula is C16H21N5O2. The fourth-order valence-corrected chi connectivity index (χ4v) is 3.06. The highest BCUT2D eigenvalue weighted by molar-refractivity contribution is 5.96. The van der Waals surface area contributed by atoms with Crippen LogP contribution in [0.15, 0.2) is 30.9 Å². The Morgan fingerprint density at radius 3 is 2.91 bits per heavy atom. The molecule has 2 aromatic rings. The molecule has 7 nitrogen and oxygen atoms in total. The van der Waals surface area contributed by atoms with E-state index in [0.717, 1.165) is 19.4 Å². The average Bonchev–Trinajstić information content (AvgIpc) is 3.26. The smallest absolute Gasteiger partial charge is 0.224 e. The number of aromatic nitrogens is 4. The molecule has 1 saturated heterocycles. The molecule has 1 atom stereocenters. The zero-order valence-corrected chi connectivity index (χ0v) is 13.3.